The van der Waals surface area contributed by atoms with E-state index in [2.05, 4.69) is 12.2 Å². The highest BCUT2D eigenvalue weighted by Gasteiger charge is 2.23. The average Bonchev–Trinajstić information content (AvgIpc) is 2.78. The molecule has 0 fully saturated rings. The minimum Gasteiger partial charge on any atom is -0.317 e. The molecule has 0 saturated carbocycles. The molecule has 0 aliphatic carbocycles. The van der Waals surface area contributed by atoms with Crippen molar-refractivity contribution in [3.8, 4) is 0 Å². The zero-order valence-electron chi connectivity index (χ0n) is 12.1. The van der Waals surface area contributed by atoms with Gasteiger partial charge in [0.1, 0.15) is 4.21 Å². The summed E-state index contributed by atoms with van der Waals surface area (Å²) < 4.78 is 26.6. The second-order valence-electron chi connectivity index (χ2n) is 5.00. The predicted molar refractivity (Wildman–Crippen MR) is 81.2 cm³/mol. The van der Waals surface area contributed by atoms with Crippen LogP contribution < -0.4 is 5.32 Å². The summed E-state index contributed by atoms with van der Waals surface area (Å²) >= 11 is 1.38. The zero-order chi connectivity index (χ0) is 14.5. The Morgan fingerprint density at radius 1 is 1.37 bits per heavy atom. The van der Waals surface area contributed by atoms with E-state index in [4.69, 9.17) is 0 Å². The molecule has 4 nitrogen and oxygen atoms in total. The smallest absolute Gasteiger partial charge is 0.252 e. The summed E-state index contributed by atoms with van der Waals surface area (Å²) in [6.07, 6.45) is 0.877. The van der Waals surface area contributed by atoms with Crippen molar-refractivity contribution < 1.29 is 8.42 Å². The Bertz CT molecular complexity index is 481. The van der Waals surface area contributed by atoms with Crippen molar-refractivity contribution in [2.24, 2.45) is 5.92 Å². The van der Waals surface area contributed by atoms with E-state index in [0.717, 1.165) is 24.4 Å². The Hall–Kier alpha value is -0.430. The van der Waals surface area contributed by atoms with Crippen molar-refractivity contribution in [2.45, 2.75) is 31.4 Å². The van der Waals surface area contributed by atoms with Crippen LogP contribution in [0.2, 0.25) is 0 Å². The lowest BCUT2D eigenvalue weighted by Gasteiger charge is -2.17. The Morgan fingerprint density at radius 3 is 2.63 bits per heavy atom. The van der Waals surface area contributed by atoms with Crippen LogP contribution >= 0.6 is 11.3 Å². The molecule has 1 rings (SSSR count). The number of nitrogens with one attached hydrogen (secondary N) is 1. The first-order chi connectivity index (χ1) is 8.87. The van der Waals surface area contributed by atoms with Crippen molar-refractivity contribution >= 4 is 21.4 Å². The minimum atomic E-state index is -3.31. The molecule has 0 amide bonds. The maximum atomic E-state index is 12.3. The van der Waals surface area contributed by atoms with E-state index < -0.39 is 10.0 Å². The molecule has 1 aromatic heterocycles. The monoisotopic (exact) mass is 304 g/mol. The van der Waals surface area contributed by atoms with E-state index >= 15 is 0 Å². The summed E-state index contributed by atoms with van der Waals surface area (Å²) in [5, 5.41) is 3.24. The predicted octanol–water partition coefficient (Wildman–Crippen LogP) is 2.18. The molecule has 0 saturated heterocycles. The molecule has 6 heteroatoms. The number of hydrogen-bond donors (Lipinski definition) is 1. The second-order valence-corrected chi connectivity index (χ2v) is 8.44. The first-order valence-electron chi connectivity index (χ1n) is 6.63. The summed E-state index contributed by atoms with van der Waals surface area (Å²) in [4.78, 5) is 1.11. The number of thiophene rings is 1. The fourth-order valence-electron chi connectivity index (χ4n) is 1.79. The van der Waals surface area contributed by atoms with Gasteiger partial charge in [-0.15, -0.1) is 11.3 Å². The quantitative estimate of drug-likeness (QED) is 0.749. The van der Waals surface area contributed by atoms with Gasteiger partial charge >= 0.3 is 0 Å². The molecule has 0 aliphatic heterocycles. The summed E-state index contributed by atoms with van der Waals surface area (Å²) in [6, 6.07) is 3.64. The molecule has 1 N–H and O–H groups in total. The first-order valence-corrected chi connectivity index (χ1v) is 8.89. The van der Waals surface area contributed by atoms with Crippen LogP contribution in [0.4, 0.5) is 0 Å². The third-order valence-corrected chi connectivity index (χ3v) is 6.16. The highest BCUT2D eigenvalue weighted by molar-refractivity contribution is 7.91. The average molecular weight is 304 g/mol. The van der Waals surface area contributed by atoms with Gasteiger partial charge in [-0.25, -0.2) is 8.42 Å². The van der Waals surface area contributed by atoms with Gasteiger partial charge in [-0.05, 0) is 37.6 Å². The molecular weight excluding hydrogens is 280 g/mol. The molecule has 0 spiro atoms. The number of nitrogens with zero attached hydrogens (tertiary/aromatic N) is 1. The molecule has 1 aromatic rings. The van der Waals surface area contributed by atoms with Crippen molar-refractivity contribution in [3.63, 3.8) is 0 Å². The molecule has 0 unspecified atom stereocenters. The fourth-order valence-corrected chi connectivity index (χ4v) is 4.69. The lowest BCUT2D eigenvalue weighted by atomic mass is 10.2. The minimum absolute atomic E-state index is 0.327. The van der Waals surface area contributed by atoms with Gasteiger partial charge in [-0.1, -0.05) is 20.8 Å². The highest BCUT2D eigenvalue weighted by atomic mass is 32.2. The maximum absolute atomic E-state index is 12.3. The van der Waals surface area contributed by atoms with Crippen molar-refractivity contribution in [1.29, 1.82) is 0 Å². The molecule has 0 atom stereocenters. The lowest BCUT2D eigenvalue weighted by molar-refractivity contribution is 0.418. The van der Waals surface area contributed by atoms with Gasteiger partial charge in [0.05, 0.1) is 0 Å². The summed E-state index contributed by atoms with van der Waals surface area (Å²) in [7, 11) is -1.67. The van der Waals surface area contributed by atoms with Crippen molar-refractivity contribution in [2.75, 3.05) is 26.7 Å². The van der Waals surface area contributed by atoms with E-state index in [1.165, 1.54) is 15.6 Å². The number of hydrogen-bond acceptors (Lipinski definition) is 4. The van der Waals surface area contributed by atoms with Crippen LogP contribution in [0.3, 0.4) is 0 Å². The molecule has 19 heavy (non-hydrogen) atoms. The molecule has 0 bridgehead atoms. The largest absolute Gasteiger partial charge is 0.317 e. The van der Waals surface area contributed by atoms with E-state index in [1.807, 2.05) is 19.9 Å². The third-order valence-electron chi connectivity index (χ3n) is 2.72. The molecule has 110 valence electrons. The maximum Gasteiger partial charge on any atom is 0.252 e. The lowest BCUT2D eigenvalue weighted by Crippen LogP contribution is -2.29. The Kier molecular flexibility index (Phi) is 6.46. The Balaban J connectivity index is 2.73. The van der Waals surface area contributed by atoms with E-state index in [9.17, 15) is 8.42 Å². The Morgan fingerprint density at radius 2 is 2.05 bits per heavy atom. The van der Waals surface area contributed by atoms with E-state index in [0.29, 0.717) is 16.7 Å². The first kappa shape index (κ1) is 16.6. The topological polar surface area (TPSA) is 49.4 Å². The fraction of sp³-hybridized carbons (Fsp3) is 0.692. The van der Waals surface area contributed by atoms with Crippen LogP contribution in [0, 0.1) is 5.92 Å². The van der Waals surface area contributed by atoms with Crippen molar-refractivity contribution in [1.82, 2.24) is 9.62 Å². The normalized spacial score (nSPS) is 12.5. The van der Waals surface area contributed by atoms with Crippen LogP contribution in [0.1, 0.15) is 25.6 Å². The number of likely N-dealkylation sites (N-methyl/N-ethyl adjacent to an activating group) is 1. The Labute approximate surface area is 120 Å². The zero-order valence-corrected chi connectivity index (χ0v) is 13.8. The van der Waals surface area contributed by atoms with Gasteiger partial charge in [0, 0.05) is 18.5 Å². The number of rotatable bonds is 8. The van der Waals surface area contributed by atoms with Gasteiger partial charge < -0.3 is 5.32 Å². The van der Waals surface area contributed by atoms with Crippen LogP contribution in [-0.4, -0.2) is 39.4 Å². The van der Waals surface area contributed by atoms with Crippen LogP contribution in [-0.2, 0) is 16.4 Å². The SMILES string of the molecule is CCNCCc1ccc(S(=O)(=O)N(C)CC(C)C)s1. The standard InChI is InChI=1S/C13H24N2O2S2/c1-5-14-9-8-12-6-7-13(18-12)19(16,17)15(4)10-11(2)3/h6-7,11,14H,5,8-10H2,1-4H3. The molecule has 0 aromatic carbocycles. The van der Waals surface area contributed by atoms with Gasteiger partial charge in [0.15, 0.2) is 0 Å². The van der Waals surface area contributed by atoms with Gasteiger partial charge in [-0.2, -0.15) is 4.31 Å². The highest BCUT2D eigenvalue weighted by Crippen LogP contribution is 2.25. The summed E-state index contributed by atoms with van der Waals surface area (Å²) in [5.74, 6) is 0.327. The molecule has 1 heterocycles. The van der Waals surface area contributed by atoms with E-state index in [-0.39, 0.29) is 0 Å². The molecule has 0 radical (unpaired) electrons. The summed E-state index contributed by atoms with van der Waals surface area (Å²) in [6.45, 7) is 8.47. The van der Waals surface area contributed by atoms with Crippen LogP contribution in [0.15, 0.2) is 16.3 Å². The number of sulfonamides is 1. The van der Waals surface area contributed by atoms with Gasteiger partial charge in [-0.3, -0.25) is 0 Å². The van der Waals surface area contributed by atoms with Gasteiger partial charge in [0.2, 0.25) is 0 Å². The molecular formula is C13H24N2O2S2. The second kappa shape index (κ2) is 7.38. The summed E-state index contributed by atoms with van der Waals surface area (Å²) in [5.41, 5.74) is 0. The molecule has 0 aliphatic rings. The van der Waals surface area contributed by atoms with Crippen molar-refractivity contribution in [3.05, 3.63) is 17.0 Å². The van der Waals surface area contributed by atoms with Crippen LogP contribution in [0.5, 0.6) is 0 Å². The third kappa shape index (κ3) is 4.87. The van der Waals surface area contributed by atoms with Crippen LogP contribution in [0.25, 0.3) is 0 Å². The van der Waals surface area contributed by atoms with E-state index in [1.54, 1.807) is 13.1 Å². The van der Waals surface area contributed by atoms with Gasteiger partial charge in [0.25, 0.3) is 10.0 Å².